The number of aromatic nitrogens is 2. The number of hydrogen-bond donors (Lipinski definition) is 1. The number of thiazole rings is 1. The van der Waals surface area contributed by atoms with Crippen LogP contribution in [0.3, 0.4) is 0 Å². The summed E-state index contributed by atoms with van der Waals surface area (Å²) in [4.78, 5) is 8.37. The minimum atomic E-state index is 0.630. The standard InChI is InChI=1S/C9H8ClN3S/c1-6-5-14-9(12-6)13-8-3-2-7(10)4-11-8/h2-5H,1H3,(H,11,12,13). The van der Waals surface area contributed by atoms with Gasteiger partial charge in [0.05, 0.1) is 10.7 Å². The van der Waals surface area contributed by atoms with Crippen LogP contribution in [-0.2, 0) is 0 Å². The van der Waals surface area contributed by atoms with Gasteiger partial charge in [0.15, 0.2) is 5.13 Å². The van der Waals surface area contributed by atoms with Crippen molar-refractivity contribution < 1.29 is 0 Å². The number of halogens is 1. The van der Waals surface area contributed by atoms with Gasteiger partial charge in [0.25, 0.3) is 0 Å². The summed E-state index contributed by atoms with van der Waals surface area (Å²) in [6, 6.07) is 3.61. The van der Waals surface area contributed by atoms with Gasteiger partial charge in [-0.15, -0.1) is 11.3 Å². The number of hydrogen-bond acceptors (Lipinski definition) is 4. The molecule has 1 N–H and O–H groups in total. The lowest BCUT2D eigenvalue weighted by molar-refractivity contribution is 1.24. The molecule has 0 amide bonds. The van der Waals surface area contributed by atoms with Gasteiger partial charge in [0.2, 0.25) is 0 Å². The fourth-order valence-corrected chi connectivity index (χ4v) is 1.78. The number of pyridine rings is 1. The van der Waals surface area contributed by atoms with Crippen LogP contribution in [0.15, 0.2) is 23.7 Å². The molecule has 0 bridgehead atoms. The van der Waals surface area contributed by atoms with E-state index in [4.69, 9.17) is 11.6 Å². The summed E-state index contributed by atoms with van der Waals surface area (Å²) in [5.41, 5.74) is 1.01. The van der Waals surface area contributed by atoms with Gasteiger partial charge in [0.1, 0.15) is 5.82 Å². The molecule has 2 aromatic rings. The molecule has 0 aliphatic rings. The third-order valence-corrected chi connectivity index (χ3v) is 2.68. The van der Waals surface area contributed by atoms with Gasteiger partial charge in [-0.05, 0) is 19.1 Å². The molecule has 0 unspecified atom stereocenters. The Bertz CT molecular complexity index is 424. The molecule has 2 heterocycles. The predicted molar refractivity (Wildman–Crippen MR) is 59.4 cm³/mol. The number of anilines is 2. The van der Waals surface area contributed by atoms with Crippen LogP contribution in [0.25, 0.3) is 0 Å². The fourth-order valence-electron chi connectivity index (χ4n) is 0.971. The highest BCUT2D eigenvalue weighted by atomic mass is 35.5. The molecule has 2 rings (SSSR count). The minimum Gasteiger partial charge on any atom is -0.316 e. The Morgan fingerprint density at radius 3 is 2.86 bits per heavy atom. The molecule has 0 saturated heterocycles. The van der Waals surface area contributed by atoms with Crippen LogP contribution >= 0.6 is 22.9 Å². The summed E-state index contributed by atoms with van der Waals surface area (Å²) in [6.45, 7) is 1.96. The van der Waals surface area contributed by atoms with Gasteiger partial charge in [-0.3, -0.25) is 0 Å². The first-order chi connectivity index (χ1) is 6.74. The van der Waals surface area contributed by atoms with Crippen LogP contribution in [0.1, 0.15) is 5.69 Å². The summed E-state index contributed by atoms with van der Waals surface area (Å²) < 4.78 is 0. The van der Waals surface area contributed by atoms with Crippen molar-refractivity contribution in [2.45, 2.75) is 6.92 Å². The van der Waals surface area contributed by atoms with E-state index in [9.17, 15) is 0 Å². The first-order valence-electron chi connectivity index (χ1n) is 4.05. The van der Waals surface area contributed by atoms with E-state index in [1.54, 1.807) is 23.6 Å². The Balaban J connectivity index is 2.15. The van der Waals surface area contributed by atoms with Crippen molar-refractivity contribution in [1.82, 2.24) is 9.97 Å². The Labute approximate surface area is 90.8 Å². The summed E-state index contributed by atoms with van der Waals surface area (Å²) in [5, 5.41) is 6.55. The normalized spacial score (nSPS) is 10.1. The molecule has 0 radical (unpaired) electrons. The molecule has 0 saturated carbocycles. The predicted octanol–water partition coefficient (Wildman–Crippen LogP) is 3.24. The summed E-state index contributed by atoms with van der Waals surface area (Å²) >= 11 is 7.27. The van der Waals surface area contributed by atoms with Crippen molar-refractivity contribution >= 4 is 33.9 Å². The average molecular weight is 226 g/mol. The zero-order chi connectivity index (χ0) is 9.97. The lowest BCUT2D eigenvalue weighted by atomic mass is 10.5. The molecule has 0 aliphatic heterocycles. The van der Waals surface area contributed by atoms with Gasteiger partial charge >= 0.3 is 0 Å². The van der Waals surface area contributed by atoms with E-state index in [1.807, 2.05) is 18.4 Å². The highest BCUT2D eigenvalue weighted by Gasteiger charge is 1.99. The number of rotatable bonds is 2. The molecule has 14 heavy (non-hydrogen) atoms. The third kappa shape index (κ3) is 2.21. The third-order valence-electron chi connectivity index (χ3n) is 1.58. The van der Waals surface area contributed by atoms with E-state index in [2.05, 4.69) is 15.3 Å². The molecule has 72 valence electrons. The zero-order valence-electron chi connectivity index (χ0n) is 7.49. The first kappa shape index (κ1) is 9.43. The van der Waals surface area contributed by atoms with Gasteiger partial charge < -0.3 is 5.32 Å². The highest BCUT2D eigenvalue weighted by molar-refractivity contribution is 7.13. The second-order valence-electron chi connectivity index (χ2n) is 2.78. The molecule has 0 atom stereocenters. The van der Waals surface area contributed by atoms with Crippen molar-refractivity contribution in [3.63, 3.8) is 0 Å². The van der Waals surface area contributed by atoms with Crippen LogP contribution in [0.5, 0.6) is 0 Å². The summed E-state index contributed by atoms with van der Waals surface area (Å²) in [6.07, 6.45) is 1.60. The van der Waals surface area contributed by atoms with Crippen LogP contribution in [0.4, 0.5) is 10.9 Å². The second kappa shape index (κ2) is 3.94. The Morgan fingerprint density at radius 1 is 1.43 bits per heavy atom. The highest BCUT2D eigenvalue weighted by Crippen LogP contribution is 2.19. The fraction of sp³-hybridized carbons (Fsp3) is 0.111. The van der Waals surface area contributed by atoms with Crippen LogP contribution < -0.4 is 5.32 Å². The minimum absolute atomic E-state index is 0.630. The quantitative estimate of drug-likeness (QED) is 0.853. The molecule has 3 nitrogen and oxygen atoms in total. The summed E-state index contributed by atoms with van der Waals surface area (Å²) in [5.74, 6) is 0.753. The summed E-state index contributed by atoms with van der Waals surface area (Å²) in [7, 11) is 0. The number of aryl methyl sites for hydroxylation is 1. The van der Waals surface area contributed by atoms with Gasteiger partial charge in [0, 0.05) is 11.6 Å². The molecular formula is C9H8ClN3S. The maximum absolute atomic E-state index is 5.72. The maximum atomic E-state index is 5.72. The first-order valence-corrected chi connectivity index (χ1v) is 5.30. The Morgan fingerprint density at radius 2 is 2.29 bits per heavy atom. The Hall–Kier alpha value is -1.13. The second-order valence-corrected chi connectivity index (χ2v) is 4.08. The molecular weight excluding hydrogens is 218 g/mol. The van der Waals surface area contributed by atoms with Crippen molar-refractivity contribution in [1.29, 1.82) is 0 Å². The molecule has 0 spiro atoms. The number of nitrogens with one attached hydrogen (secondary N) is 1. The molecule has 5 heteroatoms. The Kier molecular flexibility index (Phi) is 2.65. The number of nitrogens with zero attached hydrogens (tertiary/aromatic N) is 2. The molecule has 0 aromatic carbocycles. The molecule has 0 fully saturated rings. The van der Waals surface area contributed by atoms with Crippen LogP contribution in [-0.4, -0.2) is 9.97 Å². The van der Waals surface area contributed by atoms with E-state index in [0.29, 0.717) is 5.02 Å². The van der Waals surface area contributed by atoms with Gasteiger partial charge in [-0.25, -0.2) is 9.97 Å². The zero-order valence-corrected chi connectivity index (χ0v) is 9.06. The lowest BCUT2D eigenvalue weighted by Crippen LogP contribution is -1.91. The monoisotopic (exact) mass is 225 g/mol. The smallest absolute Gasteiger partial charge is 0.188 e. The van der Waals surface area contributed by atoms with Crippen LogP contribution in [0, 0.1) is 6.92 Å². The molecule has 2 aromatic heterocycles. The van der Waals surface area contributed by atoms with Crippen molar-refractivity contribution in [2.24, 2.45) is 0 Å². The SMILES string of the molecule is Cc1csc(Nc2ccc(Cl)cn2)n1. The van der Waals surface area contributed by atoms with Crippen molar-refractivity contribution in [3.05, 3.63) is 34.4 Å². The van der Waals surface area contributed by atoms with Crippen molar-refractivity contribution in [2.75, 3.05) is 5.32 Å². The van der Waals surface area contributed by atoms with E-state index >= 15 is 0 Å². The largest absolute Gasteiger partial charge is 0.316 e. The van der Waals surface area contributed by atoms with Gasteiger partial charge in [-0.2, -0.15) is 0 Å². The van der Waals surface area contributed by atoms with E-state index in [1.165, 1.54) is 0 Å². The topological polar surface area (TPSA) is 37.8 Å². The lowest BCUT2D eigenvalue weighted by Gasteiger charge is -1.99. The average Bonchev–Trinajstić information content (AvgIpc) is 2.56. The van der Waals surface area contributed by atoms with Crippen LogP contribution in [0.2, 0.25) is 5.02 Å². The van der Waals surface area contributed by atoms with E-state index in [0.717, 1.165) is 16.6 Å². The molecule has 0 aliphatic carbocycles. The van der Waals surface area contributed by atoms with E-state index < -0.39 is 0 Å². The van der Waals surface area contributed by atoms with Gasteiger partial charge in [-0.1, -0.05) is 11.6 Å². The van der Waals surface area contributed by atoms with Crippen molar-refractivity contribution in [3.8, 4) is 0 Å². The maximum Gasteiger partial charge on any atom is 0.188 e. The van der Waals surface area contributed by atoms with E-state index in [-0.39, 0.29) is 0 Å².